The van der Waals surface area contributed by atoms with Crippen LogP contribution >= 0.6 is 0 Å². The van der Waals surface area contributed by atoms with E-state index in [1.54, 1.807) is 0 Å². The van der Waals surface area contributed by atoms with E-state index in [1.165, 1.54) is 35.1 Å². The Morgan fingerprint density at radius 3 is 2.30 bits per heavy atom. The molecule has 0 aliphatic heterocycles. The summed E-state index contributed by atoms with van der Waals surface area (Å²) in [5, 5.41) is 0. The van der Waals surface area contributed by atoms with Crippen LogP contribution < -0.4 is 5.73 Å². The fraction of sp³-hybridized carbons (Fsp3) is 0.579. The minimum absolute atomic E-state index is 0.518. The highest BCUT2D eigenvalue weighted by Crippen LogP contribution is 2.33. The highest BCUT2D eigenvalue weighted by atomic mass is 14.6. The fourth-order valence-corrected chi connectivity index (χ4v) is 2.93. The maximum Gasteiger partial charge on any atom is 0.00795 e. The summed E-state index contributed by atoms with van der Waals surface area (Å²) in [4.78, 5) is 0. The summed E-state index contributed by atoms with van der Waals surface area (Å²) in [6, 6.07) is 0. The van der Waals surface area contributed by atoms with E-state index in [4.69, 9.17) is 5.73 Å². The molecule has 0 heterocycles. The Morgan fingerprint density at radius 1 is 1.25 bits per heavy atom. The number of allylic oxidation sites excluding steroid dienone is 5. The summed E-state index contributed by atoms with van der Waals surface area (Å²) in [5.41, 5.74) is 12.3. The van der Waals surface area contributed by atoms with Crippen LogP contribution in [-0.4, -0.2) is 0 Å². The average molecular weight is 273 g/mol. The molecular weight excluding hydrogens is 242 g/mol. The zero-order chi connectivity index (χ0) is 15.3. The smallest absolute Gasteiger partial charge is 0.00795 e. The predicted octanol–water partition coefficient (Wildman–Crippen LogP) is 5.51. The van der Waals surface area contributed by atoms with Crippen LogP contribution in [0.2, 0.25) is 0 Å². The second-order valence-corrected chi connectivity index (χ2v) is 6.77. The molecule has 1 fully saturated rings. The fourth-order valence-electron chi connectivity index (χ4n) is 2.93. The van der Waals surface area contributed by atoms with Crippen molar-refractivity contribution in [1.82, 2.24) is 0 Å². The lowest BCUT2D eigenvalue weighted by atomic mass is 9.87. The van der Waals surface area contributed by atoms with Crippen molar-refractivity contribution in [3.8, 4) is 0 Å². The molecule has 1 aliphatic rings. The highest BCUT2D eigenvalue weighted by molar-refractivity contribution is 5.41. The summed E-state index contributed by atoms with van der Waals surface area (Å²) in [7, 11) is 0. The first kappa shape index (κ1) is 16.8. The quantitative estimate of drug-likeness (QED) is 0.678. The number of nitrogens with two attached hydrogens (primary N) is 1. The van der Waals surface area contributed by atoms with Gasteiger partial charge in [-0.05, 0) is 48.7 Å². The Labute approximate surface area is 125 Å². The van der Waals surface area contributed by atoms with Gasteiger partial charge in [0.05, 0.1) is 0 Å². The van der Waals surface area contributed by atoms with Crippen molar-refractivity contribution >= 4 is 0 Å². The maximum atomic E-state index is 5.88. The summed E-state index contributed by atoms with van der Waals surface area (Å²) >= 11 is 0. The Morgan fingerprint density at radius 2 is 1.90 bits per heavy atom. The molecule has 0 spiro atoms. The SMILES string of the molecule is C=C(N)C/C(CC(C)C)=C(/C=C1/CCCC1=C)C(C)C. The lowest BCUT2D eigenvalue weighted by molar-refractivity contribution is 0.618. The van der Waals surface area contributed by atoms with Crippen molar-refractivity contribution in [2.45, 2.75) is 59.8 Å². The number of rotatable bonds is 6. The minimum atomic E-state index is 0.518. The average Bonchev–Trinajstić information content (AvgIpc) is 2.69. The molecule has 20 heavy (non-hydrogen) atoms. The molecule has 0 bridgehead atoms. The largest absolute Gasteiger partial charge is 0.402 e. The van der Waals surface area contributed by atoms with Crippen LogP contribution in [0, 0.1) is 11.8 Å². The van der Waals surface area contributed by atoms with E-state index in [2.05, 4.69) is 46.9 Å². The van der Waals surface area contributed by atoms with Crippen molar-refractivity contribution in [3.05, 3.63) is 47.2 Å². The van der Waals surface area contributed by atoms with Crippen LogP contribution in [0.15, 0.2) is 47.2 Å². The molecule has 0 saturated heterocycles. The Hall–Kier alpha value is -1.24. The molecule has 1 saturated carbocycles. The van der Waals surface area contributed by atoms with Crippen LogP contribution in [0.25, 0.3) is 0 Å². The van der Waals surface area contributed by atoms with Crippen molar-refractivity contribution in [2.75, 3.05) is 0 Å². The Balaban J connectivity index is 3.18. The van der Waals surface area contributed by atoms with Gasteiger partial charge in [0.25, 0.3) is 0 Å². The van der Waals surface area contributed by atoms with Gasteiger partial charge < -0.3 is 5.73 Å². The van der Waals surface area contributed by atoms with E-state index in [9.17, 15) is 0 Å². The van der Waals surface area contributed by atoms with Crippen LogP contribution in [0.5, 0.6) is 0 Å². The van der Waals surface area contributed by atoms with E-state index < -0.39 is 0 Å². The standard InChI is InChI=1S/C19H31N/c1-13(2)10-18(11-16(6)20)19(14(3)4)12-17-9-7-8-15(17)5/h12-14H,5-11,20H2,1-4H3/b17-12-,19-18-. The van der Waals surface area contributed by atoms with Gasteiger partial charge in [-0.2, -0.15) is 0 Å². The van der Waals surface area contributed by atoms with E-state index >= 15 is 0 Å². The lowest BCUT2D eigenvalue weighted by Gasteiger charge is -2.19. The lowest BCUT2D eigenvalue weighted by Crippen LogP contribution is -2.06. The maximum absolute atomic E-state index is 5.88. The van der Waals surface area contributed by atoms with E-state index in [-0.39, 0.29) is 0 Å². The van der Waals surface area contributed by atoms with Gasteiger partial charge in [0.2, 0.25) is 0 Å². The van der Waals surface area contributed by atoms with Gasteiger partial charge in [0.1, 0.15) is 0 Å². The molecule has 1 aliphatic carbocycles. The molecule has 0 atom stereocenters. The molecule has 112 valence electrons. The van der Waals surface area contributed by atoms with Crippen LogP contribution in [0.4, 0.5) is 0 Å². The van der Waals surface area contributed by atoms with E-state index in [0.717, 1.165) is 25.0 Å². The molecule has 0 aromatic heterocycles. The van der Waals surface area contributed by atoms with Gasteiger partial charge in [-0.1, -0.05) is 58.1 Å². The molecule has 1 rings (SSSR count). The molecule has 0 aromatic carbocycles. The third-order valence-corrected chi connectivity index (χ3v) is 3.83. The van der Waals surface area contributed by atoms with Crippen molar-refractivity contribution < 1.29 is 0 Å². The summed E-state index contributed by atoms with van der Waals surface area (Å²) < 4.78 is 0. The number of hydrogen-bond acceptors (Lipinski definition) is 1. The molecule has 0 unspecified atom stereocenters. The zero-order valence-electron chi connectivity index (χ0n) is 13.8. The van der Waals surface area contributed by atoms with E-state index in [0.29, 0.717) is 11.8 Å². The van der Waals surface area contributed by atoms with Crippen molar-refractivity contribution in [1.29, 1.82) is 0 Å². The first-order chi connectivity index (χ1) is 9.31. The highest BCUT2D eigenvalue weighted by Gasteiger charge is 2.16. The van der Waals surface area contributed by atoms with Crippen LogP contribution in [0.3, 0.4) is 0 Å². The van der Waals surface area contributed by atoms with Crippen LogP contribution in [-0.2, 0) is 0 Å². The second kappa shape index (κ2) is 7.52. The molecule has 0 radical (unpaired) electrons. The van der Waals surface area contributed by atoms with Gasteiger partial charge in [-0.3, -0.25) is 0 Å². The number of hydrogen-bond donors (Lipinski definition) is 1. The minimum Gasteiger partial charge on any atom is -0.402 e. The van der Waals surface area contributed by atoms with Gasteiger partial charge in [-0.15, -0.1) is 0 Å². The zero-order valence-corrected chi connectivity index (χ0v) is 13.8. The molecular formula is C19H31N. The van der Waals surface area contributed by atoms with Gasteiger partial charge in [-0.25, -0.2) is 0 Å². The van der Waals surface area contributed by atoms with E-state index in [1.807, 2.05) is 0 Å². The Bertz CT molecular complexity index is 433. The first-order valence-corrected chi connectivity index (χ1v) is 7.85. The Kier molecular flexibility index (Phi) is 6.32. The summed E-state index contributed by atoms with van der Waals surface area (Å²) in [5.74, 6) is 1.16. The molecule has 1 nitrogen and oxygen atoms in total. The predicted molar refractivity (Wildman–Crippen MR) is 90.3 cm³/mol. The molecule has 0 amide bonds. The van der Waals surface area contributed by atoms with Gasteiger partial charge in [0, 0.05) is 12.1 Å². The van der Waals surface area contributed by atoms with Crippen LogP contribution in [0.1, 0.15) is 59.8 Å². The normalized spacial score (nSPS) is 19.1. The second-order valence-electron chi connectivity index (χ2n) is 6.77. The molecule has 0 aromatic rings. The van der Waals surface area contributed by atoms with Gasteiger partial charge >= 0.3 is 0 Å². The summed E-state index contributed by atoms with van der Waals surface area (Å²) in [6.45, 7) is 17.2. The molecule has 2 N–H and O–H groups in total. The third kappa shape index (κ3) is 5.03. The topological polar surface area (TPSA) is 26.0 Å². The van der Waals surface area contributed by atoms with Crippen molar-refractivity contribution in [3.63, 3.8) is 0 Å². The first-order valence-electron chi connectivity index (χ1n) is 7.85. The molecule has 1 heteroatoms. The van der Waals surface area contributed by atoms with Gasteiger partial charge in [0.15, 0.2) is 0 Å². The third-order valence-electron chi connectivity index (χ3n) is 3.83. The monoisotopic (exact) mass is 273 g/mol. The van der Waals surface area contributed by atoms with Crippen molar-refractivity contribution in [2.24, 2.45) is 17.6 Å². The summed E-state index contributed by atoms with van der Waals surface area (Å²) in [6.07, 6.45) is 7.88.